The maximum atomic E-state index is 11.3. The lowest BCUT2D eigenvalue weighted by Gasteiger charge is -2.30. The Kier molecular flexibility index (Phi) is 2.73. The molecule has 2 rings (SSSR count). The number of rotatable bonds is 1. The Balaban J connectivity index is 2.29. The van der Waals surface area contributed by atoms with Crippen LogP contribution in [0.3, 0.4) is 0 Å². The maximum Gasteiger partial charge on any atom is 0.220 e. The second-order valence-corrected chi connectivity index (χ2v) is 4.10. The van der Waals surface area contributed by atoms with Gasteiger partial charge in [-0.1, -0.05) is 24.3 Å². The summed E-state index contributed by atoms with van der Waals surface area (Å²) in [5, 5.41) is 2.96. The second-order valence-electron chi connectivity index (χ2n) is 4.10. The maximum absolute atomic E-state index is 11.3. The lowest BCUT2D eigenvalue weighted by molar-refractivity contribution is -0.123. The van der Waals surface area contributed by atoms with Crippen molar-refractivity contribution in [3.63, 3.8) is 0 Å². The van der Waals surface area contributed by atoms with E-state index in [0.29, 0.717) is 6.42 Å². The van der Waals surface area contributed by atoms with Crippen LogP contribution < -0.4 is 11.1 Å². The summed E-state index contributed by atoms with van der Waals surface area (Å²) in [6, 6.07) is 8.07. The number of carbonyl (C=O) groups is 1. The molecule has 2 atom stereocenters. The van der Waals surface area contributed by atoms with E-state index in [1.807, 2.05) is 31.2 Å². The van der Waals surface area contributed by atoms with Gasteiger partial charge in [0.05, 0.1) is 6.04 Å². The Morgan fingerprint density at radius 1 is 1.40 bits per heavy atom. The van der Waals surface area contributed by atoms with Crippen molar-refractivity contribution in [2.45, 2.75) is 31.8 Å². The number of piperidine rings is 1. The van der Waals surface area contributed by atoms with Gasteiger partial charge in [-0.05, 0) is 24.5 Å². The summed E-state index contributed by atoms with van der Waals surface area (Å²) in [7, 11) is 0. The highest BCUT2D eigenvalue weighted by atomic mass is 16.1. The zero-order chi connectivity index (χ0) is 10.8. The van der Waals surface area contributed by atoms with E-state index in [1.54, 1.807) is 0 Å². The molecular weight excluding hydrogens is 188 g/mol. The zero-order valence-corrected chi connectivity index (χ0v) is 8.86. The van der Waals surface area contributed by atoms with Gasteiger partial charge in [0.2, 0.25) is 5.91 Å². The molecule has 1 saturated heterocycles. The summed E-state index contributed by atoms with van der Waals surface area (Å²) >= 11 is 0. The van der Waals surface area contributed by atoms with Crippen LogP contribution in [0.1, 0.15) is 30.0 Å². The Morgan fingerprint density at radius 3 is 2.87 bits per heavy atom. The van der Waals surface area contributed by atoms with E-state index in [4.69, 9.17) is 5.73 Å². The molecule has 1 aromatic carbocycles. The fraction of sp³-hybridized carbons (Fsp3) is 0.417. The standard InChI is InChI=1S/C12H16N2O/c1-8-4-2-3-5-9(8)12-10(13)6-7-11(15)14-12/h2-5,10,12H,6-7,13H2,1H3,(H,14,15)/t10-,12+/m0/s1. The summed E-state index contributed by atoms with van der Waals surface area (Å²) in [5.41, 5.74) is 8.35. The van der Waals surface area contributed by atoms with Crippen molar-refractivity contribution in [3.05, 3.63) is 35.4 Å². The number of nitrogens with two attached hydrogens (primary N) is 1. The molecule has 80 valence electrons. The van der Waals surface area contributed by atoms with E-state index >= 15 is 0 Å². The van der Waals surface area contributed by atoms with Gasteiger partial charge in [0.15, 0.2) is 0 Å². The highest BCUT2D eigenvalue weighted by Crippen LogP contribution is 2.24. The van der Waals surface area contributed by atoms with Crippen molar-refractivity contribution in [3.8, 4) is 0 Å². The van der Waals surface area contributed by atoms with Crippen LogP contribution in [-0.2, 0) is 4.79 Å². The third kappa shape index (κ3) is 2.02. The van der Waals surface area contributed by atoms with Gasteiger partial charge in [-0.25, -0.2) is 0 Å². The summed E-state index contributed by atoms with van der Waals surface area (Å²) in [6.07, 6.45) is 1.31. The fourth-order valence-corrected chi connectivity index (χ4v) is 2.06. The number of carbonyl (C=O) groups excluding carboxylic acids is 1. The molecule has 0 radical (unpaired) electrons. The molecule has 15 heavy (non-hydrogen) atoms. The molecule has 1 aliphatic heterocycles. The molecule has 1 aromatic rings. The fourth-order valence-electron chi connectivity index (χ4n) is 2.06. The Hall–Kier alpha value is -1.35. The number of amides is 1. The highest BCUT2D eigenvalue weighted by molar-refractivity contribution is 5.77. The normalized spacial score (nSPS) is 26.1. The van der Waals surface area contributed by atoms with E-state index in [-0.39, 0.29) is 18.0 Å². The number of nitrogens with one attached hydrogen (secondary N) is 1. The van der Waals surface area contributed by atoms with Crippen LogP contribution in [0.4, 0.5) is 0 Å². The Bertz CT molecular complexity index is 376. The summed E-state index contributed by atoms with van der Waals surface area (Å²) < 4.78 is 0. The van der Waals surface area contributed by atoms with Crippen LogP contribution in [0.2, 0.25) is 0 Å². The van der Waals surface area contributed by atoms with Crippen molar-refractivity contribution in [2.24, 2.45) is 5.73 Å². The lowest BCUT2D eigenvalue weighted by atomic mass is 9.90. The molecule has 1 heterocycles. The number of benzene rings is 1. The van der Waals surface area contributed by atoms with E-state index in [1.165, 1.54) is 5.56 Å². The predicted octanol–water partition coefficient (Wildman–Crippen LogP) is 1.27. The van der Waals surface area contributed by atoms with E-state index in [0.717, 1.165) is 12.0 Å². The molecule has 3 nitrogen and oxygen atoms in total. The molecule has 1 aliphatic rings. The summed E-state index contributed by atoms with van der Waals surface area (Å²) in [4.78, 5) is 11.3. The first-order chi connectivity index (χ1) is 7.18. The minimum absolute atomic E-state index is 0.0209. The molecule has 1 amide bonds. The first kappa shape index (κ1) is 10.2. The minimum Gasteiger partial charge on any atom is -0.348 e. The summed E-state index contributed by atoms with van der Waals surface area (Å²) in [6.45, 7) is 2.04. The molecule has 0 bridgehead atoms. The topological polar surface area (TPSA) is 55.1 Å². The molecule has 0 saturated carbocycles. The van der Waals surface area contributed by atoms with Crippen molar-refractivity contribution in [2.75, 3.05) is 0 Å². The first-order valence-corrected chi connectivity index (χ1v) is 5.29. The van der Waals surface area contributed by atoms with Crippen LogP contribution in [0.5, 0.6) is 0 Å². The van der Waals surface area contributed by atoms with Crippen LogP contribution in [-0.4, -0.2) is 11.9 Å². The third-order valence-corrected chi connectivity index (χ3v) is 2.97. The Morgan fingerprint density at radius 2 is 2.13 bits per heavy atom. The summed E-state index contributed by atoms with van der Waals surface area (Å²) in [5.74, 6) is 0.102. The SMILES string of the molecule is Cc1ccccc1[C@H]1NC(=O)CC[C@@H]1N. The van der Waals surface area contributed by atoms with Crippen molar-refractivity contribution >= 4 is 5.91 Å². The molecule has 3 heteroatoms. The minimum atomic E-state index is -0.0209. The van der Waals surface area contributed by atoms with Crippen molar-refractivity contribution in [1.29, 1.82) is 0 Å². The molecular formula is C12H16N2O. The lowest BCUT2D eigenvalue weighted by Crippen LogP contribution is -2.46. The van der Waals surface area contributed by atoms with Gasteiger partial charge in [0.1, 0.15) is 0 Å². The molecule has 0 aromatic heterocycles. The largest absolute Gasteiger partial charge is 0.348 e. The molecule has 0 spiro atoms. The average Bonchev–Trinajstić information content (AvgIpc) is 2.23. The first-order valence-electron chi connectivity index (χ1n) is 5.29. The third-order valence-electron chi connectivity index (χ3n) is 2.97. The van der Waals surface area contributed by atoms with Gasteiger partial charge in [-0.3, -0.25) is 4.79 Å². The molecule has 1 fully saturated rings. The predicted molar refractivity (Wildman–Crippen MR) is 59.3 cm³/mol. The van der Waals surface area contributed by atoms with Crippen LogP contribution >= 0.6 is 0 Å². The van der Waals surface area contributed by atoms with Gasteiger partial charge < -0.3 is 11.1 Å². The van der Waals surface area contributed by atoms with Gasteiger partial charge in [-0.15, -0.1) is 0 Å². The number of aryl methyl sites for hydroxylation is 1. The molecule has 3 N–H and O–H groups in total. The van der Waals surface area contributed by atoms with Gasteiger partial charge in [0.25, 0.3) is 0 Å². The van der Waals surface area contributed by atoms with E-state index in [2.05, 4.69) is 5.32 Å². The van der Waals surface area contributed by atoms with Crippen LogP contribution in [0, 0.1) is 6.92 Å². The van der Waals surface area contributed by atoms with Gasteiger partial charge in [0, 0.05) is 12.5 Å². The molecule has 0 aliphatic carbocycles. The van der Waals surface area contributed by atoms with Gasteiger partial charge in [-0.2, -0.15) is 0 Å². The van der Waals surface area contributed by atoms with Crippen molar-refractivity contribution in [1.82, 2.24) is 5.32 Å². The highest BCUT2D eigenvalue weighted by Gasteiger charge is 2.27. The quantitative estimate of drug-likeness (QED) is 0.724. The van der Waals surface area contributed by atoms with Crippen LogP contribution in [0.25, 0.3) is 0 Å². The van der Waals surface area contributed by atoms with E-state index < -0.39 is 0 Å². The zero-order valence-electron chi connectivity index (χ0n) is 8.86. The number of hydrogen-bond acceptors (Lipinski definition) is 2. The smallest absolute Gasteiger partial charge is 0.220 e. The average molecular weight is 204 g/mol. The number of hydrogen-bond donors (Lipinski definition) is 2. The van der Waals surface area contributed by atoms with Crippen LogP contribution in [0.15, 0.2) is 24.3 Å². The molecule has 0 unspecified atom stereocenters. The van der Waals surface area contributed by atoms with Gasteiger partial charge >= 0.3 is 0 Å². The second kappa shape index (κ2) is 4.03. The monoisotopic (exact) mass is 204 g/mol. The Labute approximate surface area is 89.7 Å². The van der Waals surface area contributed by atoms with Crippen molar-refractivity contribution < 1.29 is 4.79 Å². The van der Waals surface area contributed by atoms with E-state index in [9.17, 15) is 4.79 Å².